The number of anilines is 1. The summed E-state index contributed by atoms with van der Waals surface area (Å²) in [5.74, 6) is 0.147. The number of rotatable bonds is 2. The molecule has 64 valence electrons. The molecule has 0 aliphatic carbocycles. The average Bonchev–Trinajstić information content (AvgIpc) is 2.03. The lowest BCUT2D eigenvalue weighted by Gasteiger charge is -1.99. The Labute approximate surface area is 70.8 Å². The number of phenols is 1. The Kier molecular flexibility index (Phi) is 2.71. The molecule has 0 fully saturated rings. The number of hydrogen-bond acceptors (Lipinski definition) is 3. The van der Waals surface area contributed by atoms with Crippen molar-refractivity contribution in [2.75, 3.05) is 12.3 Å². The number of benzene rings is 1. The van der Waals surface area contributed by atoms with Gasteiger partial charge in [0.15, 0.2) is 0 Å². The van der Waals surface area contributed by atoms with Crippen molar-refractivity contribution in [3.63, 3.8) is 0 Å². The van der Waals surface area contributed by atoms with Crippen LogP contribution >= 0.6 is 0 Å². The van der Waals surface area contributed by atoms with E-state index in [-0.39, 0.29) is 12.4 Å². The van der Waals surface area contributed by atoms with Crippen LogP contribution in [0.25, 0.3) is 6.08 Å². The number of aliphatic hydroxyl groups excluding tert-OH is 1. The first-order valence-electron chi connectivity index (χ1n) is 3.60. The smallest absolute Gasteiger partial charge is 0.117 e. The zero-order chi connectivity index (χ0) is 8.97. The molecule has 12 heavy (non-hydrogen) atoms. The minimum atomic E-state index is -0.0136. The fraction of sp³-hybridized carbons (Fsp3) is 0.111. The van der Waals surface area contributed by atoms with Gasteiger partial charge < -0.3 is 15.9 Å². The van der Waals surface area contributed by atoms with E-state index in [9.17, 15) is 0 Å². The molecule has 0 bridgehead atoms. The molecular formula is C9H11NO2. The molecule has 0 spiro atoms. The summed E-state index contributed by atoms with van der Waals surface area (Å²) in [6, 6.07) is 4.71. The van der Waals surface area contributed by atoms with Gasteiger partial charge in [0.2, 0.25) is 0 Å². The molecule has 0 aliphatic rings. The van der Waals surface area contributed by atoms with Crippen molar-refractivity contribution in [2.45, 2.75) is 0 Å². The van der Waals surface area contributed by atoms with Crippen LogP contribution in [0.1, 0.15) is 5.56 Å². The highest BCUT2D eigenvalue weighted by molar-refractivity contribution is 5.65. The number of nitrogens with two attached hydrogens (primary N) is 1. The van der Waals surface area contributed by atoms with Crippen LogP contribution in [-0.2, 0) is 0 Å². The molecule has 0 saturated heterocycles. The lowest BCUT2D eigenvalue weighted by atomic mass is 10.1. The zero-order valence-electron chi connectivity index (χ0n) is 6.57. The maximum Gasteiger partial charge on any atom is 0.117 e. The highest BCUT2D eigenvalue weighted by Crippen LogP contribution is 2.19. The normalized spacial score (nSPS) is 10.8. The van der Waals surface area contributed by atoms with Gasteiger partial charge in [-0.05, 0) is 17.7 Å². The first-order valence-corrected chi connectivity index (χ1v) is 3.60. The van der Waals surface area contributed by atoms with Crippen molar-refractivity contribution in [1.82, 2.24) is 0 Å². The van der Waals surface area contributed by atoms with E-state index in [4.69, 9.17) is 15.9 Å². The number of hydrogen-bond donors (Lipinski definition) is 3. The third-order valence-electron chi connectivity index (χ3n) is 1.47. The molecule has 0 saturated carbocycles. The molecular weight excluding hydrogens is 154 g/mol. The van der Waals surface area contributed by atoms with Gasteiger partial charge >= 0.3 is 0 Å². The third kappa shape index (κ3) is 2.00. The highest BCUT2D eigenvalue weighted by atomic mass is 16.3. The predicted molar refractivity (Wildman–Crippen MR) is 48.6 cm³/mol. The summed E-state index contributed by atoms with van der Waals surface area (Å²) in [6.07, 6.45) is 3.29. The minimum Gasteiger partial charge on any atom is -0.508 e. The molecule has 3 nitrogen and oxygen atoms in total. The Morgan fingerprint density at radius 1 is 1.42 bits per heavy atom. The van der Waals surface area contributed by atoms with E-state index in [0.29, 0.717) is 5.69 Å². The van der Waals surface area contributed by atoms with E-state index < -0.39 is 0 Å². The van der Waals surface area contributed by atoms with Gasteiger partial charge in [0.05, 0.1) is 6.61 Å². The summed E-state index contributed by atoms with van der Waals surface area (Å²) in [6.45, 7) is -0.0136. The second-order valence-electron chi connectivity index (χ2n) is 2.40. The molecule has 0 aromatic heterocycles. The van der Waals surface area contributed by atoms with Gasteiger partial charge in [-0.1, -0.05) is 12.2 Å². The van der Waals surface area contributed by atoms with Crippen molar-refractivity contribution in [1.29, 1.82) is 0 Å². The second kappa shape index (κ2) is 3.78. The SMILES string of the molecule is Nc1cc(O)ccc1C=CCO. The van der Waals surface area contributed by atoms with Crippen LogP contribution in [0.2, 0.25) is 0 Å². The Morgan fingerprint density at radius 3 is 2.75 bits per heavy atom. The van der Waals surface area contributed by atoms with Crippen LogP contribution in [0.3, 0.4) is 0 Å². The minimum absolute atomic E-state index is 0.0136. The van der Waals surface area contributed by atoms with E-state index >= 15 is 0 Å². The predicted octanol–water partition coefficient (Wildman–Crippen LogP) is 0.980. The Bertz CT molecular complexity index is 295. The summed E-state index contributed by atoms with van der Waals surface area (Å²) in [4.78, 5) is 0. The zero-order valence-corrected chi connectivity index (χ0v) is 6.57. The molecule has 1 rings (SSSR count). The van der Waals surface area contributed by atoms with Gasteiger partial charge in [0.25, 0.3) is 0 Å². The first-order chi connectivity index (χ1) is 5.74. The number of phenolic OH excluding ortho intramolecular Hbond substituents is 1. The molecule has 0 heterocycles. The van der Waals surface area contributed by atoms with Crippen LogP contribution in [0, 0.1) is 0 Å². The largest absolute Gasteiger partial charge is 0.508 e. The van der Waals surface area contributed by atoms with Gasteiger partial charge in [0.1, 0.15) is 5.75 Å². The van der Waals surface area contributed by atoms with Crippen LogP contribution in [-0.4, -0.2) is 16.8 Å². The van der Waals surface area contributed by atoms with Gasteiger partial charge in [-0.3, -0.25) is 0 Å². The van der Waals surface area contributed by atoms with E-state index in [0.717, 1.165) is 5.56 Å². The molecule has 0 unspecified atom stereocenters. The average molecular weight is 165 g/mol. The van der Waals surface area contributed by atoms with E-state index in [1.54, 1.807) is 24.3 Å². The summed E-state index contributed by atoms with van der Waals surface area (Å²) in [5, 5.41) is 17.5. The molecule has 1 aromatic carbocycles. The summed E-state index contributed by atoms with van der Waals surface area (Å²) < 4.78 is 0. The molecule has 0 atom stereocenters. The highest BCUT2D eigenvalue weighted by Gasteiger charge is 1.94. The molecule has 0 amide bonds. The Balaban J connectivity index is 2.94. The van der Waals surface area contributed by atoms with Crippen LogP contribution in [0.5, 0.6) is 5.75 Å². The van der Waals surface area contributed by atoms with Gasteiger partial charge in [0, 0.05) is 11.8 Å². The Hall–Kier alpha value is -1.48. The van der Waals surface area contributed by atoms with E-state index in [1.807, 2.05) is 0 Å². The van der Waals surface area contributed by atoms with Crippen molar-refractivity contribution < 1.29 is 10.2 Å². The molecule has 0 aliphatic heterocycles. The van der Waals surface area contributed by atoms with Crippen molar-refractivity contribution in [3.8, 4) is 5.75 Å². The second-order valence-corrected chi connectivity index (χ2v) is 2.40. The lowest BCUT2D eigenvalue weighted by Crippen LogP contribution is -1.88. The van der Waals surface area contributed by atoms with Crippen molar-refractivity contribution >= 4 is 11.8 Å². The number of nitrogen functional groups attached to an aromatic ring is 1. The summed E-state index contributed by atoms with van der Waals surface area (Å²) >= 11 is 0. The molecule has 1 aromatic rings. The van der Waals surface area contributed by atoms with Crippen LogP contribution in [0.4, 0.5) is 5.69 Å². The van der Waals surface area contributed by atoms with E-state index in [1.165, 1.54) is 6.07 Å². The first kappa shape index (κ1) is 8.62. The van der Waals surface area contributed by atoms with Gasteiger partial charge in [-0.25, -0.2) is 0 Å². The summed E-state index contributed by atoms with van der Waals surface area (Å²) in [7, 11) is 0. The molecule has 0 radical (unpaired) electrons. The van der Waals surface area contributed by atoms with Crippen LogP contribution in [0.15, 0.2) is 24.3 Å². The standard InChI is InChI=1S/C9H11NO2/c10-9-6-8(12)4-3-7(9)2-1-5-11/h1-4,6,11-12H,5,10H2. The number of aliphatic hydroxyl groups is 1. The topological polar surface area (TPSA) is 66.5 Å². The fourth-order valence-corrected chi connectivity index (χ4v) is 0.894. The van der Waals surface area contributed by atoms with Crippen LogP contribution < -0.4 is 5.73 Å². The fourth-order valence-electron chi connectivity index (χ4n) is 0.894. The number of aromatic hydroxyl groups is 1. The summed E-state index contributed by atoms with van der Waals surface area (Å²) in [5.41, 5.74) is 6.86. The molecule has 3 heteroatoms. The van der Waals surface area contributed by atoms with E-state index in [2.05, 4.69) is 0 Å². The van der Waals surface area contributed by atoms with Gasteiger partial charge in [-0.15, -0.1) is 0 Å². The third-order valence-corrected chi connectivity index (χ3v) is 1.47. The lowest BCUT2D eigenvalue weighted by molar-refractivity contribution is 0.343. The Morgan fingerprint density at radius 2 is 2.17 bits per heavy atom. The maximum atomic E-state index is 9.01. The van der Waals surface area contributed by atoms with Crippen molar-refractivity contribution in [2.24, 2.45) is 0 Å². The maximum absolute atomic E-state index is 9.01. The van der Waals surface area contributed by atoms with Crippen molar-refractivity contribution in [3.05, 3.63) is 29.8 Å². The van der Waals surface area contributed by atoms with Gasteiger partial charge in [-0.2, -0.15) is 0 Å². The quantitative estimate of drug-likeness (QED) is 0.572. The molecule has 4 N–H and O–H groups in total. The monoisotopic (exact) mass is 165 g/mol.